The Kier molecular flexibility index (Phi) is 33.3. The molecule has 6 N–H and O–H groups in total. The van der Waals surface area contributed by atoms with Gasteiger partial charge < -0.3 is 60.3 Å². The zero-order valence-electron chi connectivity index (χ0n) is 38.9. The van der Waals surface area contributed by atoms with Gasteiger partial charge in [-0.2, -0.15) is 0 Å². The number of ether oxygens (including phenoxy) is 6. The number of amides is 6. The van der Waals surface area contributed by atoms with E-state index in [9.17, 15) is 57.5 Å². The molecule has 6 atom stereocenters. The van der Waals surface area contributed by atoms with Gasteiger partial charge in [-0.15, -0.1) is 0 Å². The van der Waals surface area contributed by atoms with Gasteiger partial charge in [0.15, 0.2) is 0 Å². The van der Waals surface area contributed by atoms with Crippen LogP contribution in [0, 0.1) is 0 Å². The number of esters is 6. The first-order valence-electron chi connectivity index (χ1n) is 20.9. The zero-order chi connectivity index (χ0) is 51.7. The van der Waals surface area contributed by atoms with E-state index in [1.807, 2.05) is 0 Å². The maximum atomic E-state index is 12.8. The molecule has 1 aliphatic heterocycles. The average molecular weight is 1090 g/mol. The third-order valence-electron chi connectivity index (χ3n) is 9.01. The summed E-state index contributed by atoms with van der Waals surface area (Å²) in [6, 6.07) is -6.72. The van der Waals surface area contributed by atoms with Crippen molar-refractivity contribution in [2.75, 3.05) is 77.2 Å². The molecular weight excluding hydrogens is 1030 g/mol. The Morgan fingerprint density at radius 1 is 0.304 bits per heavy atom. The van der Waals surface area contributed by atoms with E-state index in [4.69, 9.17) is 28.4 Å². The molecule has 0 bridgehead atoms. The normalized spacial score (nSPS) is 24.1. The molecule has 4 unspecified atom stereocenters. The van der Waals surface area contributed by atoms with E-state index in [1.54, 1.807) is 0 Å². The Hall–Kier alpha value is -4.26. The van der Waals surface area contributed by atoms with Gasteiger partial charge in [0, 0.05) is 73.0 Å². The van der Waals surface area contributed by atoms with E-state index in [1.165, 1.54) is 0 Å². The summed E-state index contributed by atoms with van der Waals surface area (Å²) in [6.07, 6.45) is -1.01. The largest absolute Gasteiger partial charge is 0.467 e. The Morgan fingerprint density at radius 3 is 0.551 bits per heavy atom. The van der Waals surface area contributed by atoms with Crippen molar-refractivity contribution in [2.45, 2.75) is 94.0 Å². The molecule has 1 aliphatic rings. The highest BCUT2D eigenvalue weighted by Gasteiger charge is 2.29. The molecule has 1 saturated heterocycles. The van der Waals surface area contributed by atoms with Crippen LogP contribution in [0.3, 0.4) is 0 Å². The van der Waals surface area contributed by atoms with Gasteiger partial charge in [0.2, 0.25) is 35.4 Å². The number of hydrogen-bond acceptors (Lipinski definition) is 24. The molecule has 0 aliphatic carbocycles. The minimum absolute atomic E-state index is 0.0141. The monoisotopic (exact) mass is 1090 g/mol. The number of methoxy groups -OCH3 is 6. The number of nitrogens with one attached hydrogen (secondary N) is 6. The van der Waals surface area contributed by atoms with Crippen molar-refractivity contribution in [3.05, 3.63) is 0 Å². The minimum atomic E-state index is -1.12. The van der Waals surface area contributed by atoms with Gasteiger partial charge in [0.1, 0.15) is 36.3 Å². The summed E-state index contributed by atoms with van der Waals surface area (Å²) in [5, 5.41) is 15.3. The fraction of sp³-hybridized carbons (Fsp3) is 0.692. The quantitative estimate of drug-likeness (QED) is 0.112. The topological polar surface area (TPSA) is 332 Å². The van der Waals surface area contributed by atoms with Crippen LogP contribution >= 0.6 is 64.8 Å². The lowest BCUT2D eigenvalue weighted by molar-refractivity contribution is -0.145. The summed E-state index contributed by atoms with van der Waals surface area (Å²) in [7, 11) is 13.3. The van der Waals surface area contributed by atoms with E-state index in [2.05, 4.69) is 31.9 Å². The molecule has 24 nitrogen and oxygen atoms in total. The van der Waals surface area contributed by atoms with Crippen molar-refractivity contribution in [2.24, 2.45) is 0 Å². The third-order valence-corrected chi connectivity index (χ3v) is 16.3. The van der Waals surface area contributed by atoms with Crippen molar-refractivity contribution in [1.82, 2.24) is 31.9 Å². The smallest absolute Gasteiger partial charge is 0.329 e. The number of rotatable bonds is 6. The summed E-state index contributed by atoms with van der Waals surface area (Å²) < 4.78 is 28.9. The van der Waals surface area contributed by atoms with Crippen LogP contribution in [0.4, 0.5) is 0 Å². The molecule has 1 fully saturated rings. The second kappa shape index (κ2) is 36.6. The first kappa shape index (κ1) is 62.8. The lowest BCUT2D eigenvalue weighted by atomic mass is 10.2. The van der Waals surface area contributed by atoms with Gasteiger partial charge in [-0.05, 0) is 19.3 Å². The molecule has 0 spiro atoms. The molecule has 6 amide bonds. The number of carbonyl (C=O) groups is 12. The van der Waals surface area contributed by atoms with Crippen molar-refractivity contribution >= 4 is 136 Å². The molecule has 1 heterocycles. The summed E-state index contributed by atoms with van der Waals surface area (Å²) in [4.78, 5) is 152. The molecule has 1 rings (SSSR count). The highest BCUT2D eigenvalue weighted by Crippen LogP contribution is 2.26. The average Bonchev–Trinajstić information content (AvgIpc) is 3.33. The van der Waals surface area contributed by atoms with Gasteiger partial charge in [0.05, 0.1) is 42.7 Å². The summed E-state index contributed by atoms with van der Waals surface area (Å²) in [5.74, 6) is -8.13. The highest BCUT2D eigenvalue weighted by molar-refractivity contribution is 8.77. The predicted molar refractivity (Wildman–Crippen MR) is 260 cm³/mol. The highest BCUT2D eigenvalue weighted by atomic mass is 33.1. The molecule has 69 heavy (non-hydrogen) atoms. The van der Waals surface area contributed by atoms with E-state index in [0.717, 1.165) is 107 Å². The summed E-state index contributed by atoms with van der Waals surface area (Å²) in [5.41, 5.74) is 0. The molecule has 30 heteroatoms. The molecule has 0 radical (unpaired) electrons. The lowest BCUT2D eigenvalue weighted by Crippen LogP contribution is -2.44. The fourth-order valence-corrected chi connectivity index (χ4v) is 12.3. The van der Waals surface area contributed by atoms with Gasteiger partial charge in [-0.25, -0.2) is 28.8 Å². The van der Waals surface area contributed by atoms with Gasteiger partial charge in [-0.1, -0.05) is 64.8 Å². The lowest BCUT2D eigenvalue weighted by Gasteiger charge is -2.19. The number of hydrogen-bond donors (Lipinski definition) is 6. The van der Waals surface area contributed by atoms with Crippen LogP contribution in [-0.2, 0) is 86.0 Å². The Bertz CT molecular complexity index is 1450. The van der Waals surface area contributed by atoms with Crippen LogP contribution < -0.4 is 31.9 Å². The second-order valence-corrected chi connectivity index (χ2v) is 21.8. The Labute approximate surface area is 422 Å². The van der Waals surface area contributed by atoms with Crippen LogP contribution in [0.15, 0.2) is 0 Å². The van der Waals surface area contributed by atoms with Crippen LogP contribution in [-0.4, -0.2) is 185 Å². The van der Waals surface area contributed by atoms with Gasteiger partial charge in [0.25, 0.3) is 0 Å². The van der Waals surface area contributed by atoms with Crippen molar-refractivity contribution < 1.29 is 86.0 Å². The maximum absolute atomic E-state index is 12.8. The summed E-state index contributed by atoms with van der Waals surface area (Å²) in [6.45, 7) is 0. The van der Waals surface area contributed by atoms with E-state index in [-0.39, 0.29) is 92.3 Å². The van der Waals surface area contributed by atoms with E-state index in [0.29, 0.717) is 0 Å². The molecular formula is C39H60N6O18S6. The molecule has 390 valence electrons. The Morgan fingerprint density at radius 2 is 0.435 bits per heavy atom. The zero-order valence-corrected chi connectivity index (χ0v) is 43.8. The molecule has 0 aromatic carbocycles. The van der Waals surface area contributed by atoms with Crippen molar-refractivity contribution in [1.29, 1.82) is 0 Å². The van der Waals surface area contributed by atoms with E-state index < -0.39 is 108 Å². The third kappa shape index (κ3) is 27.1. The maximum Gasteiger partial charge on any atom is 0.329 e. The first-order valence-corrected chi connectivity index (χ1v) is 28.4. The molecule has 0 aromatic rings. The Balaban J connectivity index is 3.18. The first-order chi connectivity index (χ1) is 32.9. The SMILES string of the molecule is COC(=O)C1CSSCC(C(=O)OC)NC(=O)CCCC(=O)N[C@H](C(=O)OC)CSSCC(C(=O)OC)NC(=O)CCCC(=O)N[C@H](C(=O)OC)CSSCC(C(=O)OC)NC(=O)CCCC(=O)N1. The van der Waals surface area contributed by atoms with Crippen LogP contribution in [0.2, 0.25) is 0 Å². The van der Waals surface area contributed by atoms with Crippen LogP contribution in [0.25, 0.3) is 0 Å². The fourth-order valence-electron chi connectivity index (χ4n) is 5.39. The van der Waals surface area contributed by atoms with Gasteiger partial charge >= 0.3 is 35.8 Å². The van der Waals surface area contributed by atoms with Crippen molar-refractivity contribution in [3.8, 4) is 0 Å². The molecule has 0 aromatic heterocycles. The standard InChI is InChI=1S/C39H60N6O18S6/c1-58-34(52)22-16-64-65-17-23(35(53)59-2)41-30(48)12-8-13-31(49)43-26(38(56)62-5)20-68-69-21-27(39(57)63-6)45-33(51)15-9-14-32(50)44-25(37(55)61-4)19-67-66-18-24(36(54)60-3)42-29(47)11-7-10-28(46)40-22/h22-27H,7-21H2,1-6H3,(H,40,46)(H,41,48)(H,42,47)(H,43,49)(H,44,50)(H,45,51)/t22-,23?,24?,25-,26?,27?/m0/s1. The predicted octanol–water partition coefficient (Wildman–Crippen LogP) is -0.398. The van der Waals surface area contributed by atoms with E-state index >= 15 is 0 Å². The minimum Gasteiger partial charge on any atom is -0.467 e. The van der Waals surface area contributed by atoms with Crippen LogP contribution in [0.5, 0.6) is 0 Å². The second-order valence-electron chi connectivity index (χ2n) is 14.1. The summed E-state index contributed by atoms with van der Waals surface area (Å²) >= 11 is 0. The van der Waals surface area contributed by atoms with Crippen LogP contribution in [0.1, 0.15) is 57.8 Å². The molecule has 0 saturated carbocycles. The number of carbonyl (C=O) groups excluding carboxylic acids is 12. The van der Waals surface area contributed by atoms with Crippen molar-refractivity contribution in [3.63, 3.8) is 0 Å². The van der Waals surface area contributed by atoms with Gasteiger partial charge in [-0.3, -0.25) is 28.8 Å².